The fourth-order valence-corrected chi connectivity index (χ4v) is 4.09. The highest BCUT2D eigenvalue weighted by atomic mass is 32.1. The van der Waals surface area contributed by atoms with Crippen LogP contribution in [0, 0.1) is 0 Å². The van der Waals surface area contributed by atoms with Gasteiger partial charge in [0.2, 0.25) is 0 Å². The molecule has 21 heavy (non-hydrogen) atoms. The third-order valence-corrected chi connectivity index (χ3v) is 5.01. The molecule has 1 aliphatic rings. The lowest BCUT2D eigenvalue weighted by Crippen LogP contribution is -2.14. The van der Waals surface area contributed by atoms with Gasteiger partial charge in [0, 0.05) is 16.6 Å². The number of H-pyrrole nitrogens is 1. The zero-order valence-electron chi connectivity index (χ0n) is 11.7. The second kappa shape index (κ2) is 4.89. The number of thiophene rings is 1. The van der Waals surface area contributed by atoms with Crippen LogP contribution in [0.5, 0.6) is 0 Å². The van der Waals surface area contributed by atoms with E-state index in [4.69, 9.17) is 9.72 Å². The minimum atomic E-state index is -0.0825. The van der Waals surface area contributed by atoms with Crippen LogP contribution in [0.15, 0.2) is 11.1 Å². The minimum absolute atomic E-state index is 0.0825. The molecule has 1 aliphatic heterocycles. The van der Waals surface area contributed by atoms with Crippen LogP contribution in [0.25, 0.3) is 20.4 Å². The molecule has 0 amide bonds. The zero-order valence-corrected chi connectivity index (χ0v) is 12.5. The smallest absolute Gasteiger partial charge is 0.268 e. The topological polar surface area (TPSA) is 67.9 Å². The molecule has 0 aromatic carbocycles. The maximum absolute atomic E-state index is 12.0. The summed E-state index contributed by atoms with van der Waals surface area (Å²) in [6, 6.07) is 0. The summed E-state index contributed by atoms with van der Waals surface area (Å²) in [7, 11) is 0. The molecule has 0 unspecified atom stereocenters. The Bertz CT molecular complexity index is 897. The van der Waals surface area contributed by atoms with E-state index in [-0.39, 0.29) is 5.56 Å². The van der Waals surface area contributed by atoms with Gasteiger partial charge in [-0.25, -0.2) is 9.97 Å². The molecule has 4 rings (SSSR count). The molecule has 0 atom stereocenters. The summed E-state index contributed by atoms with van der Waals surface area (Å²) in [6.45, 7) is 3.49. The molecular weight excluding hydrogens is 286 g/mol. The summed E-state index contributed by atoms with van der Waals surface area (Å²) in [5.74, 6) is 0. The van der Waals surface area contributed by atoms with E-state index in [1.165, 1.54) is 28.8 Å². The van der Waals surface area contributed by atoms with Gasteiger partial charge in [-0.1, -0.05) is 13.3 Å². The van der Waals surface area contributed by atoms with Crippen molar-refractivity contribution in [2.24, 2.45) is 0 Å². The molecule has 0 spiro atoms. The summed E-state index contributed by atoms with van der Waals surface area (Å²) in [4.78, 5) is 24.8. The third-order valence-electron chi connectivity index (χ3n) is 3.94. The zero-order chi connectivity index (χ0) is 14.4. The van der Waals surface area contributed by atoms with Crippen molar-refractivity contribution in [2.45, 2.75) is 32.8 Å². The van der Waals surface area contributed by atoms with Gasteiger partial charge in [0.05, 0.1) is 25.1 Å². The van der Waals surface area contributed by atoms with Crippen molar-refractivity contribution in [3.05, 3.63) is 33.5 Å². The summed E-state index contributed by atoms with van der Waals surface area (Å²) >= 11 is 1.44. The summed E-state index contributed by atoms with van der Waals surface area (Å²) in [6.07, 6.45) is 4.34. The Morgan fingerprint density at radius 1 is 1.43 bits per heavy atom. The molecule has 6 heteroatoms. The number of fused-ring (bicyclic) bond motifs is 5. The highest BCUT2D eigenvalue weighted by Crippen LogP contribution is 2.36. The van der Waals surface area contributed by atoms with Crippen molar-refractivity contribution < 1.29 is 4.74 Å². The Labute approximate surface area is 125 Å². The van der Waals surface area contributed by atoms with Crippen molar-refractivity contribution in [3.8, 4) is 0 Å². The van der Waals surface area contributed by atoms with Crippen molar-refractivity contribution >= 4 is 31.8 Å². The van der Waals surface area contributed by atoms with E-state index < -0.39 is 0 Å². The Balaban J connectivity index is 2.15. The molecule has 108 valence electrons. The number of pyridine rings is 1. The number of aryl methyl sites for hydroxylation is 1. The van der Waals surface area contributed by atoms with Crippen LogP contribution in [0.2, 0.25) is 0 Å². The van der Waals surface area contributed by atoms with Crippen LogP contribution < -0.4 is 5.56 Å². The predicted molar refractivity (Wildman–Crippen MR) is 82.9 cm³/mol. The van der Waals surface area contributed by atoms with E-state index in [1.54, 1.807) is 0 Å². The van der Waals surface area contributed by atoms with Crippen LogP contribution in [0.4, 0.5) is 0 Å². The standard InChI is InChI=1S/C15H15N3O2S/c1-2-3-10-9-6-20-5-4-8(9)11-12-13(21-15(11)18-10)14(19)17-7-16-12/h7H,2-6H2,1H3,(H,16,17,19). The lowest BCUT2D eigenvalue weighted by molar-refractivity contribution is 0.110. The molecule has 0 saturated carbocycles. The quantitative estimate of drug-likeness (QED) is 0.790. The average Bonchev–Trinajstić information content (AvgIpc) is 2.88. The average molecular weight is 301 g/mol. The maximum Gasteiger partial charge on any atom is 0.268 e. The van der Waals surface area contributed by atoms with E-state index >= 15 is 0 Å². The van der Waals surface area contributed by atoms with Crippen molar-refractivity contribution in [2.75, 3.05) is 6.61 Å². The number of aromatic nitrogens is 3. The van der Waals surface area contributed by atoms with Gasteiger partial charge >= 0.3 is 0 Å². The summed E-state index contributed by atoms with van der Waals surface area (Å²) in [5, 5.41) is 1.05. The van der Waals surface area contributed by atoms with Crippen LogP contribution in [0.1, 0.15) is 30.2 Å². The second-order valence-electron chi connectivity index (χ2n) is 5.26. The number of nitrogens with zero attached hydrogens (tertiary/aromatic N) is 2. The van der Waals surface area contributed by atoms with Gasteiger partial charge in [0.25, 0.3) is 5.56 Å². The van der Waals surface area contributed by atoms with Crippen molar-refractivity contribution in [3.63, 3.8) is 0 Å². The van der Waals surface area contributed by atoms with E-state index in [0.717, 1.165) is 47.3 Å². The van der Waals surface area contributed by atoms with Gasteiger partial charge < -0.3 is 9.72 Å². The largest absolute Gasteiger partial charge is 0.376 e. The predicted octanol–water partition coefficient (Wildman–Crippen LogP) is 2.56. The number of hydrogen-bond donors (Lipinski definition) is 1. The van der Waals surface area contributed by atoms with Crippen molar-refractivity contribution in [1.82, 2.24) is 15.0 Å². The van der Waals surface area contributed by atoms with Gasteiger partial charge in [-0.2, -0.15) is 0 Å². The third kappa shape index (κ3) is 1.90. The molecule has 1 N–H and O–H groups in total. The monoisotopic (exact) mass is 301 g/mol. The van der Waals surface area contributed by atoms with Gasteiger partial charge in [0.1, 0.15) is 9.53 Å². The number of nitrogens with one attached hydrogen (secondary N) is 1. The van der Waals surface area contributed by atoms with E-state index in [9.17, 15) is 4.79 Å². The SMILES string of the molecule is CCCc1nc2sc3c(=O)[nH]cnc3c2c2c1COCC2. The Morgan fingerprint density at radius 3 is 3.19 bits per heavy atom. The first-order chi connectivity index (χ1) is 10.3. The van der Waals surface area contributed by atoms with E-state index in [1.807, 2.05) is 0 Å². The van der Waals surface area contributed by atoms with Crippen LogP contribution in [-0.2, 0) is 24.2 Å². The number of aromatic amines is 1. The Hall–Kier alpha value is -1.79. The van der Waals surface area contributed by atoms with Gasteiger partial charge in [-0.05, 0) is 18.4 Å². The fourth-order valence-electron chi connectivity index (χ4n) is 3.01. The minimum Gasteiger partial charge on any atom is -0.376 e. The molecule has 0 bridgehead atoms. The molecule has 0 saturated heterocycles. The van der Waals surface area contributed by atoms with Crippen molar-refractivity contribution in [1.29, 1.82) is 0 Å². The lowest BCUT2D eigenvalue weighted by Gasteiger charge is -2.20. The highest BCUT2D eigenvalue weighted by Gasteiger charge is 2.22. The number of hydrogen-bond acceptors (Lipinski definition) is 5. The van der Waals surface area contributed by atoms with Crippen LogP contribution in [-0.4, -0.2) is 21.6 Å². The highest BCUT2D eigenvalue weighted by molar-refractivity contribution is 7.25. The number of rotatable bonds is 2. The first-order valence-corrected chi connectivity index (χ1v) is 7.99. The lowest BCUT2D eigenvalue weighted by atomic mass is 9.97. The molecule has 5 nitrogen and oxygen atoms in total. The Kier molecular flexibility index (Phi) is 3.01. The van der Waals surface area contributed by atoms with Gasteiger partial charge in [-0.3, -0.25) is 4.79 Å². The number of ether oxygens (including phenoxy) is 1. The van der Waals surface area contributed by atoms with E-state index in [0.29, 0.717) is 11.3 Å². The van der Waals surface area contributed by atoms with Gasteiger partial charge in [-0.15, -0.1) is 11.3 Å². The molecular formula is C15H15N3O2S. The second-order valence-corrected chi connectivity index (χ2v) is 6.26. The Morgan fingerprint density at radius 2 is 2.33 bits per heavy atom. The van der Waals surface area contributed by atoms with Crippen LogP contribution >= 0.6 is 11.3 Å². The molecule has 0 radical (unpaired) electrons. The first kappa shape index (κ1) is 12.9. The molecule has 4 heterocycles. The first-order valence-electron chi connectivity index (χ1n) is 7.18. The van der Waals surface area contributed by atoms with Crippen LogP contribution in [0.3, 0.4) is 0 Å². The normalized spacial score (nSPS) is 14.7. The molecule has 0 aliphatic carbocycles. The molecule has 0 fully saturated rings. The molecule has 3 aromatic heterocycles. The maximum atomic E-state index is 12.0. The summed E-state index contributed by atoms with van der Waals surface area (Å²) in [5.41, 5.74) is 4.30. The fraction of sp³-hybridized carbons (Fsp3) is 0.400. The van der Waals surface area contributed by atoms with E-state index in [2.05, 4.69) is 16.9 Å². The summed E-state index contributed by atoms with van der Waals surface area (Å²) < 4.78 is 6.29. The van der Waals surface area contributed by atoms with Gasteiger partial charge in [0.15, 0.2) is 0 Å². The molecule has 3 aromatic rings.